The largest absolute Gasteiger partial charge is 0.357 e. The van der Waals surface area contributed by atoms with Crippen molar-refractivity contribution in [1.29, 1.82) is 0 Å². The fourth-order valence-electron chi connectivity index (χ4n) is 2.96. The molecule has 24 heavy (non-hydrogen) atoms. The Morgan fingerprint density at radius 2 is 1.67 bits per heavy atom. The van der Waals surface area contributed by atoms with Crippen LogP contribution in [0.15, 0.2) is 42.6 Å². The minimum Gasteiger partial charge on any atom is -0.357 e. The van der Waals surface area contributed by atoms with Crippen LogP contribution in [0.4, 0.5) is 0 Å². The highest BCUT2D eigenvalue weighted by Crippen LogP contribution is 2.11. The van der Waals surface area contributed by atoms with Crippen LogP contribution in [0.25, 0.3) is 0 Å². The Morgan fingerprint density at radius 3 is 2.29 bits per heavy atom. The van der Waals surface area contributed by atoms with E-state index >= 15 is 0 Å². The first-order valence-corrected chi connectivity index (χ1v) is 8.39. The number of nitrogens with one attached hydrogen (secondary N) is 1. The minimum atomic E-state index is 0.00625. The van der Waals surface area contributed by atoms with Gasteiger partial charge in [-0.05, 0) is 31.0 Å². The lowest BCUT2D eigenvalue weighted by atomic mass is 10.1. The Labute approximate surface area is 142 Å². The smallest absolute Gasteiger partial charge is 0.270 e. The predicted molar refractivity (Wildman–Crippen MR) is 92.8 cm³/mol. The molecule has 1 aliphatic rings. The first kappa shape index (κ1) is 16.3. The summed E-state index contributed by atoms with van der Waals surface area (Å²) >= 11 is 0. The van der Waals surface area contributed by atoms with E-state index in [1.54, 1.807) is 17.2 Å². The van der Waals surface area contributed by atoms with Gasteiger partial charge in [0.2, 0.25) is 5.91 Å². The number of hydrogen-bond donors (Lipinski definition) is 1. The molecule has 126 valence electrons. The molecule has 0 unspecified atom stereocenters. The lowest BCUT2D eigenvalue weighted by molar-refractivity contribution is -0.132. The average Bonchev–Trinajstić information content (AvgIpc) is 3.15. The van der Waals surface area contributed by atoms with Gasteiger partial charge >= 0.3 is 0 Å². The van der Waals surface area contributed by atoms with E-state index in [0.717, 1.165) is 6.42 Å². The van der Waals surface area contributed by atoms with Crippen LogP contribution in [-0.4, -0.2) is 52.8 Å². The average molecular weight is 325 g/mol. The number of nitrogens with zero attached hydrogens (tertiary/aromatic N) is 2. The molecule has 0 atom stereocenters. The molecule has 5 nitrogen and oxygen atoms in total. The summed E-state index contributed by atoms with van der Waals surface area (Å²) in [6.45, 7) is 4.46. The van der Waals surface area contributed by atoms with E-state index in [2.05, 4.69) is 36.2 Å². The second-order valence-corrected chi connectivity index (χ2v) is 6.24. The van der Waals surface area contributed by atoms with E-state index in [1.807, 2.05) is 11.0 Å². The quantitative estimate of drug-likeness (QED) is 0.937. The van der Waals surface area contributed by atoms with Crippen LogP contribution in [0.5, 0.6) is 0 Å². The van der Waals surface area contributed by atoms with Gasteiger partial charge in [0.15, 0.2) is 0 Å². The Hall–Kier alpha value is -2.56. The van der Waals surface area contributed by atoms with E-state index < -0.39 is 0 Å². The van der Waals surface area contributed by atoms with E-state index in [9.17, 15) is 9.59 Å². The third-order valence-corrected chi connectivity index (χ3v) is 4.50. The second kappa shape index (κ2) is 7.34. The van der Waals surface area contributed by atoms with Crippen molar-refractivity contribution >= 4 is 11.8 Å². The molecule has 1 aromatic carbocycles. The second-order valence-electron chi connectivity index (χ2n) is 6.24. The van der Waals surface area contributed by atoms with E-state index in [1.165, 1.54) is 11.1 Å². The topological polar surface area (TPSA) is 56.4 Å². The monoisotopic (exact) mass is 325 g/mol. The Bertz CT molecular complexity index is 684. The number of carbonyl (C=O) groups excluding carboxylic acids is 2. The van der Waals surface area contributed by atoms with Crippen LogP contribution in [0.2, 0.25) is 0 Å². The van der Waals surface area contributed by atoms with Crippen LogP contribution in [0, 0.1) is 6.92 Å². The Morgan fingerprint density at radius 1 is 1.00 bits per heavy atom. The van der Waals surface area contributed by atoms with Crippen LogP contribution in [-0.2, 0) is 11.2 Å². The maximum absolute atomic E-state index is 12.4. The number of benzene rings is 1. The number of carbonyl (C=O) groups is 2. The van der Waals surface area contributed by atoms with Crippen molar-refractivity contribution in [2.45, 2.75) is 19.8 Å². The fourth-order valence-corrected chi connectivity index (χ4v) is 2.96. The molecule has 1 fully saturated rings. The van der Waals surface area contributed by atoms with Gasteiger partial charge in [-0.3, -0.25) is 9.59 Å². The van der Waals surface area contributed by atoms with E-state index in [-0.39, 0.29) is 11.8 Å². The minimum absolute atomic E-state index is 0.00625. The van der Waals surface area contributed by atoms with Gasteiger partial charge in [0, 0.05) is 38.8 Å². The number of rotatable bonds is 4. The molecule has 0 spiro atoms. The molecule has 1 aliphatic heterocycles. The number of H-pyrrole nitrogens is 1. The van der Waals surface area contributed by atoms with Crippen molar-refractivity contribution in [2.75, 3.05) is 26.2 Å². The molecule has 0 bridgehead atoms. The van der Waals surface area contributed by atoms with Crippen LogP contribution in [0.1, 0.15) is 28.0 Å². The summed E-state index contributed by atoms with van der Waals surface area (Å²) in [5.74, 6) is 0.175. The van der Waals surface area contributed by atoms with Crippen molar-refractivity contribution in [3.05, 3.63) is 59.4 Å². The zero-order chi connectivity index (χ0) is 16.9. The third-order valence-electron chi connectivity index (χ3n) is 4.50. The molecule has 1 aromatic heterocycles. The third kappa shape index (κ3) is 3.85. The number of aromatic nitrogens is 1. The highest BCUT2D eigenvalue weighted by atomic mass is 16.2. The van der Waals surface area contributed by atoms with Crippen molar-refractivity contribution in [3.63, 3.8) is 0 Å². The number of aryl methyl sites for hydroxylation is 2. The van der Waals surface area contributed by atoms with Gasteiger partial charge in [-0.1, -0.05) is 29.8 Å². The molecule has 1 saturated heterocycles. The molecular formula is C19H23N3O2. The van der Waals surface area contributed by atoms with Gasteiger partial charge in [0.25, 0.3) is 5.91 Å². The van der Waals surface area contributed by atoms with E-state index in [0.29, 0.717) is 38.3 Å². The standard InChI is InChI=1S/C19H23N3O2/c1-15-4-6-16(7-5-15)8-9-18(23)21-11-13-22(14-12-21)19(24)17-3-2-10-20-17/h2-7,10,20H,8-9,11-14H2,1H3. The van der Waals surface area contributed by atoms with Crippen molar-refractivity contribution < 1.29 is 9.59 Å². The molecule has 0 aliphatic carbocycles. The van der Waals surface area contributed by atoms with Gasteiger partial charge in [0.1, 0.15) is 5.69 Å². The van der Waals surface area contributed by atoms with Gasteiger partial charge in [0.05, 0.1) is 0 Å². The molecule has 0 radical (unpaired) electrons. The molecule has 3 rings (SSSR count). The fraction of sp³-hybridized carbons (Fsp3) is 0.368. The van der Waals surface area contributed by atoms with Crippen molar-refractivity contribution in [1.82, 2.24) is 14.8 Å². The lowest BCUT2D eigenvalue weighted by Crippen LogP contribution is -2.50. The molecule has 5 heteroatoms. The molecule has 1 N–H and O–H groups in total. The summed E-state index contributed by atoms with van der Waals surface area (Å²) < 4.78 is 0. The summed E-state index contributed by atoms with van der Waals surface area (Å²) in [5, 5.41) is 0. The molecule has 2 aromatic rings. The summed E-state index contributed by atoms with van der Waals surface area (Å²) in [6, 6.07) is 11.9. The van der Waals surface area contributed by atoms with Crippen molar-refractivity contribution in [2.24, 2.45) is 0 Å². The summed E-state index contributed by atoms with van der Waals surface area (Å²) in [4.78, 5) is 31.2. The lowest BCUT2D eigenvalue weighted by Gasteiger charge is -2.34. The maximum atomic E-state index is 12.4. The van der Waals surface area contributed by atoms with Gasteiger partial charge in [-0.2, -0.15) is 0 Å². The summed E-state index contributed by atoms with van der Waals surface area (Å²) in [5.41, 5.74) is 3.02. The normalized spacial score (nSPS) is 14.7. The first-order chi connectivity index (χ1) is 11.6. The number of hydrogen-bond acceptors (Lipinski definition) is 2. The van der Waals surface area contributed by atoms with Gasteiger partial charge in [-0.15, -0.1) is 0 Å². The molecule has 0 saturated carbocycles. The Balaban J connectivity index is 1.46. The predicted octanol–water partition coefficient (Wildman–Crippen LogP) is 2.24. The number of aromatic amines is 1. The molecule has 2 heterocycles. The molecular weight excluding hydrogens is 302 g/mol. The van der Waals surface area contributed by atoms with Crippen LogP contribution in [0.3, 0.4) is 0 Å². The highest BCUT2D eigenvalue weighted by molar-refractivity contribution is 5.92. The van der Waals surface area contributed by atoms with Crippen molar-refractivity contribution in [3.8, 4) is 0 Å². The number of piperazine rings is 1. The molecule has 2 amide bonds. The zero-order valence-corrected chi connectivity index (χ0v) is 14.0. The van der Waals surface area contributed by atoms with E-state index in [4.69, 9.17) is 0 Å². The Kier molecular flexibility index (Phi) is 4.99. The maximum Gasteiger partial charge on any atom is 0.270 e. The summed E-state index contributed by atoms with van der Waals surface area (Å²) in [7, 11) is 0. The van der Waals surface area contributed by atoms with Gasteiger partial charge in [-0.25, -0.2) is 0 Å². The van der Waals surface area contributed by atoms with Crippen LogP contribution < -0.4 is 0 Å². The highest BCUT2D eigenvalue weighted by Gasteiger charge is 2.24. The van der Waals surface area contributed by atoms with Gasteiger partial charge < -0.3 is 14.8 Å². The van der Waals surface area contributed by atoms with Crippen LogP contribution >= 0.6 is 0 Å². The SMILES string of the molecule is Cc1ccc(CCC(=O)N2CCN(C(=O)c3ccc[nH]3)CC2)cc1. The first-order valence-electron chi connectivity index (χ1n) is 8.39. The zero-order valence-electron chi connectivity index (χ0n) is 14.0. The number of amides is 2. The summed E-state index contributed by atoms with van der Waals surface area (Å²) in [6.07, 6.45) is 3.03.